The maximum absolute atomic E-state index is 5.16. The van der Waals surface area contributed by atoms with E-state index in [0.29, 0.717) is 0 Å². The molecule has 2 aromatic rings. The molecule has 0 atom stereocenters. The highest BCUT2D eigenvalue weighted by atomic mass is 16.5. The Balaban J connectivity index is 0.000000861. The van der Waals surface area contributed by atoms with Crippen molar-refractivity contribution in [2.75, 3.05) is 7.11 Å². The topological polar surface area (TPSA) is 9.23 Å². The van der Waals surface area contributed by atoms with Gasteiger partial charge in [0.1, 0.15) is 5.75 Å². The van der Waals surface area contributed by atoms with E-state index < -0.39 is 0 Å². The molecule has 19 heavy (non-hydrogen) atoms. The molecule has 1 nitrogen and oxygen atoms in total. The van der Waals surface area contributed by atoms with E-state index >= 15 is 0 Å². The van der Waals surface area contributed by atoms with Crippen LogP contribution in [0.1, 0.15) is 36.1 Å². The Hall–Kier alpha value is -1.76. The number of ether oxygens (including phenoxy) is 1. The van der Waals surface area contributed by atoms with Crippen LogP contribution in [0.3, 0.4) is 0 Å². The minimum Gasteiger partial charge on any atom is -0.497 e. The summed E-state index contributed by atoms with van der Waals surface area (Å²) in [6, 6.07) is 14.9. The molecule has 0 aliphatic heterocycles. The quantitative estimate of drug-likeness (QED) is 0.756. The van der Waals surface area contributed by atoms with Crippen LogP contribution < -0.4 is 4.74 Å². The van der Waals surface area contributed by atoms with Crippen molar-refractivity contribution >= 4 is 0 Å². The van der Waals surface area contributed by atoms with Gasteiger partial charge in [0, 0.05) is 0 Å². The largest absolute Gasteiger partial charge is 0.497 e. The van der Waals surface area contributed by atoms with Gasteiger partial charge in [0.2, 0.25) is 0 Å². The molecule has 0 aliphatic carbocycles. The summed E-state index contributed by atoms with van der Waals surface area (Å²) >= 11 is 0. The van der Waals surface area contributed by atoms with Crippen LogP contribution in [0.15, 0.2) is 42.5 Å². The van der Waals surface area contributed by atoms with E-state index in [0.717, 1.165) is 12.2 Å². The minimum atomic E-state index is 0.911. The molecule has 0 bridgehead atoms. The van der Waals surface area contributed by atoms with Crippen LogP contribution in [0.2, 0.25) is 0 Å². The van der Waals surface area contributed by atoms with E-state index in [9.17, 15) is 0 Å². The lowest BCUT2D eigenvalue weighted by molar-refractivity contribution is 0.414. The second-order valence-corrected chi connectivity index (χ2v) is 4.45. The van der Waals surface area contributed by atoms with Crippen molar-refractivity contribution in [3.05, 3.63) is 64.7 Å². The summed E-state index contributed by atoms with van der Waals surface area (Å²) in [6.45, 7) is 8.30. The lowest BCUT2D eigenvalue weighted by atomic mass is 9.99. The van der Waals surface area contributed by atoms with Gasteiger partial charge < -0.3 is 4.74 Å². The number of methoxy groups -OCH3 is 1. The van der Waals surface area contributed by atoms with Gasteiger partial charge in [-0.15, -0.1) is 0 Å². The van der Waals surface area contributed by atoms with Crippen LogP contribution >= 0.6 is 0 Å². The highest BCUT2D eigenvalue weighted by molar-refractivity contribution is 5.36. The molecule has 0 heterocycles. The highest BCUT2D eigenvalue weighted by Crippen LogP contribution is 2.17. The van der Waals surface area contributed by atoms with Crippen LogP contribution in [0.4, 0.5) is 0 Å². The molecule has 102 valence electrons. The summed E-state index contributed by atoms with van der Waals surface area (Å²) in [6.07, 6.45) is 0.982. The molecule has 0 spiro atoms. The van der Waals surface area contributed by atoms with Crippen molar-refractivity contribution in [2.24, 2.45) is 0 Å². The smallest absolute Gasteiger partial charge is 0.118 e. The van der Waals surface area contributed by atoms with Crippen molar-refractivity contribution in [1.82, 2.24) is 0 Å². The van der Waals surface area contributed by atoms with Crippen molar-refractivity contribution in [2.45, 2.75) is 34.1 Å². The minimum absolute atomic E-state index is 0.911. The third-order valence-corrected chi connectivity index (χ3v) is 3.05. The molecule has 1 heteroatoms. The van der Waals surface area contributed by atoms with Crippen LogP contribution in [0, 0.1) is 13.8 Å². The maximum Gasteiger partial charge on any atom is 0.118 e. The van der Waals surface area contributed by atoms with Crippen LogP contribution in [0.5, 0.6) is 5.75 Å². The first kappa shape index (κ1) is 15.3. The Bertz CT molecular complexity index is 498. The fourth-order valence-electron chi connectivity index (χ4n) is 2.01. The standard InChI is InChI=1S/C16H18O.C2H6/c1-12-4-7-15(13(2)10-12)11-14-5-8-16(17-3)9-6-14;1-2/h4-10H,11H2,1-3H3;1-2H3. The Morgan fingerprint density at radius 1 is 0.895 bits per heavy atom. The summed E-state index contributed by atoms with van der Waals surface area (Å²) in [4.78, 5) is 0. The normalized spacial score (nSPS) is 9.53. The van der Waals surface area contributed by atoms with E-state index in [1.807, 2.05) is 26.0 Å². The first-order valence-electron chi connectivity index (χ1n) is 6.88. The van der Waals surface area contributed by atoms with Gasteiger partial charge in [0.05, 0.1) is 7.11 Å². The van der Waals surface area contributed by atoms with Crippen molar-refractivity contribution in [3.63, 3.8) is 0 Å². The number of benzene rings is 2. The highest BCUT2D eigenvalue weighted by Gasteiger charge is 2.01. The van der Waals surface area contributed by atoms with Gasteiger partial charge in [0.15, 0.2) is 0 Å². The molecule has 2 rings (SSSR count). The molecule has 0 fully saturated rings. The molecule has 0 unspecified atom stereocenters. The molecular formula is C18H24O. The fourth-order valence-corrected chi connectivity index (χ4v) is 2.01. The number of rotatable bonds is 3. The molecule has 0 saturated heterocycles. The van der Waals surface area contributed by atoms with Gasteiger partial charge in [-0.05, 0) is 49.1 Å². The molecule has 0 amide bonds. The second kappa shape index (κ2) is 7.63. The first-order chi connectivity index (χ1) is 9.19. The zero-order valence-electron chi connectivity index (χ0n) is 12.7. The van der Waals surface area contributed by atoms with E-state index in [1.165, 1.54) is 22.3 Å². The van der Waals surface area contributed by atoms with Crippen molar-refractivity contribution < 1.29 is 4.74 Å². The molecule has 0 aromatic heterocycles. The summed E-state index contributed by atoms with van der Waals surface area (Å²) < 4.78 is 5.16. The summed E-state index contributed by atoms with van der Waals surface area (Å²) in [7, 11) is 1.69. The third-order valence-electron chi connectivity index (χ3n) is 3.05. The first-order valence-corrected chi connectivity index (χ1v) is 6.88. The molecule has 0 saturated carbocycles. The van der Waals surface area contributed by atoms with E-state index in [2.05, 4.69) is 44.2 Å². The Morgan fingerprint density at radius 2 is 1.53 bits per heavy atom. The number of hydrogen-bond donors (Lipinski definition) is 0. The molecule has 0 aliphatic rings. The van der Waals surface area contributed by atoms with E-state index in [-0.39, 0.29) is 0 Å². The van der Waals surface area contributed by atoms with Crippen LogP contribution in [0.25, 0.3) is 0 Å². The summed E-state index contributed by atoms with van der Waals surface area (Å²) in [5.74, 6) is 0.911. The lowest BCUT2D eigenvalue weighted by Crippen LogP contribution is -1.92. The van der Waals surface area contributed by atoms with Gasteiger partial charge in [-0.3, -0.25) is 0 Å². The van der Waals surface area contributed by atoms with Crippen LogP contribution in [-0.2, 0) is 6.42 Å². The zero-order valence-corrected chi connectivity index (χ0v) is 12.7. The molecule has 0 radical (unpaired) electrons. The Morgan fingerprint density at radius 3 is 2.05 bits per heavy atom. The lowest BCUT2D eigenvalue weighted by Gasteiger charge is -2.07. The number of aryl methyl sites for hydroxylation is 2. The monoisotopic (exact) mass is 256 g/mol. The van der Waals surface area contributed by atoms with E-state index in [4.69, 9.17) is 4.74 Å². The maximum atomic E-state index is 5.16. The van der Waals surface area contributed by atoms with Crippen molar-refractivity contribution in [3.8, 4) is 5.75 Å². The summed E-state index contributed by atoms with van der Waals surface area (Å²) in [5.41, 5.74) is 5.39. The van der Waals surface area contributed by atoms with Gasteiger partial charge in [0.25, 0.3) is 0 Å². The summed E-state index contributed by atoms with van der Waals surface area (Å²) in [5, 5.41) is 0. The van der Waals surface area contributed by atoms with Crippen molar-refractivity contribution in [1.29, 1.82) is 0 Å². The van der Waals surface area contributed by atoms with Gasteiger partial charge in [-0.25, -0.2) is 0 Å². The van der Waals surface area contributed by atoms with E-state index in [1.54, 1.807) is 7.11 Å². The average Bonchev–Trinajstić information content (AvgIpc) is 2.45. The average molecular weight is 256 g/mol. The molecular weight excluding hydrogens is 232 g/mol. The zero-order chi connectivity index (χ0) is 14.3. The fraction of sp³-hybridized carbons (Fsp3) is 0.333. The number of hydrogen-bond acceptors (Lipinski definition) is 1. The second-order valence-electron chi connectivity index (χ2n) is 4.45. The van der Waals surface area contributed by atoms with Gasteiger partial charge >= 0.3 is 0 Å². The Kier molecular flexibility index (Phi) is 6.14. The molecule has 2 aromatic carbocycles. The van der Waals surface area contributed by atoms with Gasteiger partial charge in [-0.1, -0.05) is 49.7 Å². The predicted octanol–water partition coefficient (Wildman–Crippen LogP) is 4.93. The SMILES string of the molecule is CC.COc1ccc(Cc2ccc(C)cc2C)cc1. The predicted molar refractivity (Wildman–Crippen MR) is 83.1 cm³/mol. The van der Waals surface area contributed by atoms with Gasteiger partial charge in [-0.2, -0.15) is 0 Å². The molecule has 0 N–H and O–H groups in total. The Labute approximate surface area is 117 Å². The van der Waals surface area contributed by atoms with Crippen LogP contribution in [-0.4, -0.2) is 7.11 Å². The third kappa shape index (κ3) is 4.44.